The molecule has 7 heteroatoms. The van der Waals surface area contributed by atoms with Crippen molar-refractivity contribution in [2.24, 2.45) is 4.99 Å². The van der Waals surface area contributed by atoms with Crippen LogP contribution in [0.3, 0.4) is 0 Å². The lowest BCUT2D eigenvalue weighted by atomic mass is 10.2. The summed E-state index contributed by atoms with van der Waals surface area (Å²) in [6.07, 6.45) is 0.137. The first-order chi connectivity index (χ1) is 10.5. The number of hydrogen-bond donors (Lipinski definition) is 2. The van der Waals surface area contributed by atoms with E-state index >= 15 is 0 Å². The highest BCUT2D eigenvalue weighted by Gasteiger charge is 2.06. The molecule has 1 rings (SSSR count). The highest BCUT2D eigenvalue weighted by atomic mass is 127. The van der Waals surface area contributed by atoms with Crippen molar-refractivity contribution < 1.29 is 13.9 Å². The maximum atomic E-state index is 13.5. The summed E-state index contributed by atoms with van der Waals surface area (Å²) in [7, 11) is 0. The summed E-state index contributed by atoms with van der Waals surface area (Å²) in [4.78, 5) is 15.7. The number of benzene rings is 1. The molecule has 0 spiro atoms. The molecular weight excluding hydrogens is 412 g/mol. The molecule has 0 aliphatic heterocycles. The number of rotatable bonds is 7. The molecular formula is C16H25FIN3O2. The Bertz CT molecular complexity index is 510. The number of carbonyl (C=O) groups excluding carboxylic acids is 1. The number of esters is 1. The van der Waals surface area contributed by atoms with Crippen molar-refractivity contribution in [1.29, 1.82) is 0 Å². The Morgan fingerprint density at radius 2 is 2.00 bits per heavy atom. The molecule has 0 heterocycles. The molecule has 0 aliphatic rings. The van der Waals surface area contributed by atoms with E-state index in [4.69, 9.17) is 4.74 Å². The van der Waals surface area contributed by atoms with E-state index in [0.29, 0.717) is 24.6 Å². The fourth-order valence-electron chi connectivity index (χ4n) is 1.74. The molecule has 23 heavy (non-hydrogen) atoms. The van der Waals surface area contributed by atoms with Crippen molar-refractivity contribution in [1.82, 2.24) is 10.6 Å². The number of halogens is 2. The van der Waals surface area contributed by atoms with Gasteiger partial charge >= 0.3 is 5.97 Å². The number of guanidine groups is 1. The van der Waals surface area contributed by atoms with E-state index in [1.165, 1.54) is 6.07 Å². The Labute approximate surface area is 154 Å². The monoisotopic (exact) mass is 437 g/mol. The standard InChI is InChI=1S/C16H24FN3O2.HI/c1-4-18-16(19-10-9-15(21)22-12(2)3)20-11-13-7-5-6-8-14(13)17;/h5-8,12H,4,9-11H2,1-3H3,(H2,18,19,20);1H. The largest absolute Gasteiger partial charge is 0.463 e. The highest BCUT2D eigenvalue weighted by molar-refractivity contribution is 14.0. The van der Waals surface area contributed by atoms with Crippen LogP contribution < -0.4 is 10.6 Å². The zero-order valence-corrected chi connectivity index (χ0v) is 16.1. The first-order valence-corrected chi connectivity index (χ1v) is 7.48. The van der Waals surface area contributed by atoms with Crippen molar-refractivity contribution in [3.05, 3.63) is 35.6 Å². The third-order valence-electron chi connectivity index (χ3n) is 2.70. The number of nitrogens with one attached hydrogen (secondary N) is 2. The van der Waals surface area contributed by atoms with Crippen molar-refractivity contribution in [3.8, 4) is 0 Å². The second kappa shape index (κ2) is 12.1. The van der Waals surface area contributed by atoms with E-state index < -0.39 is 0 Å². The number of carbonyl (C=O) groups is 1. The fraction of sp³-hybridized carbons (Fsp3) is 0.500. The topological polar surface area (TPSA) is 62.7 Å². The predicted molar refractivity (Wildman–Crippen MR) is 100 cm³/mol. The van der Waals surface area contributed by atoms with Gasteiger partial charge in [0.15, 0.2) is 5.96 Å². The molecule has 0 saturated carbocycles. The van der Waals surface area contributed by atoms with Crippen molar-refractivity contribution >= 4 is 35.9 Å². The van der Waals surface area contributed by atoms with Gasteiger partial charge < -0.3 is 15.4 Å². The van der Waals surface area contributed by atoms with E-state index in [2.05, 4.69) is 15.6 Å². The van der Waals surface area contributed by atoms with E-state index in [0.717, 1.165) is 0 Å². The molecule has 0 fully saturated rings. The molecule has 1 aromatic carbocycles. The zero-order valence-electron chi connectivity index (χ0n) is 13.8. The minimum atomic E-state index is -0.275. The first-order valence-electron chi connectivity index (χ1n) is 7.48. The summed E-state index contributed by atoms with van der Waals surface area (Å²) in [5, 5.41) is 6.08. The van der Waals surface area contributed by atoms with Gasteiger partial charge in [-0.15, -0.1) is 24.0 Å². The minimum absolute atomic E-state index is 0. The Hall–Kier alpha value is -1.38. The fourth-order valence-corrected chi connectivity index (χ4v) is 1.74. The van der Waals surface area contributed by atoms with Crippen LogP contribution in [-0.2, 0) is 16.1 Å². The van der Waals surface area contributed by atoms with Crippen LogP contribution in [0.15, 0.2) is 29.3 Å². The zero-order chi connectivity index (χ0) is 16.4. The van der Waals surface area contributed by atoms with Crippen LogP contribution in [-0.4, -0.2) is 31.1 Å². The molecule has 0 atom stereocenters. The third-order valence-corrected chi connectivity index (χ3v) is 2.70. The van der Waals surface area contributed by atoms with Gasteiger partial charge in [0, 0.05) is 18.7 Å². The van der Waals surface area contributed by atoms with Crippen LogP contribution in [0.4, 0.5) is 4.39 Å². The third kappa shape index (κ3) is 9.37. The first kappa shape index (κ1) is 21.6. The van der Waals surface area contributed by atoms with Crippen LogP contribution in [0.1, 0.15) is 32.8 Å². The molecule has 130 valence electrons. The Balaban J connectivity index is 0.00000484. The van der Waals surface area contributed by atoms with E-state index in [1.807, 2.05) is 20.8 Å². The summed E-state index contributed by atoms with van der Waals surface area (Å²) in [5.41, 5.74) is 0.527. The smallest absolute Gasteiger partial charge is 0.307 e. The second-order valence-corrected chi connectivity index (χ2v) is 5.00. The van der Waals surface area contributed by atoms with Crippen LogP contribution >= 0.6 is 24.0 Å². The summed E-state index contributed by atoms with van der Waals surface area (Å²) in [6, 6.07) is 6.53. The van der Waals surface area contributed by atoms with Crippen LogP contribution in [0, 0.1) is 5.82 Å². The average Bonchev–Trinajstić information content (AvgIpc) is 2.45. The van der Waals surface area contributed by atoms with Crippen LogP contribution in [0.25, 0.3) is 0 Å². The van der Waals surface area contributed by atoms with Gasteiger partial charge in [0.05, 0.1) is 19.1 Å². The van der Waals surface area contributed by atoms with Gasteiger partial charge in [0.1, 0.15) is 5.82 Å². The van der Waals surface area contributed by atoms with Crippen molar-refractivity contribution in [2.75, 3.05) is 13.1 Å². The van der Waals surface area contributed by atoms with E-state index in [9.17, 15) is 9.18 Å². The van der Waals surface area contributed by atoms with Crippen molar-refractivity contribution in [2.45, 2.75) is 39.8 Å². The summed E-state index contributed by atoms with van der Waals surface area (Å²) < 4.78 is 18.6. The SMILES string of the molecule is CCNC(=NCc1ccccc1F)NCCC(=O)OC(C)C.I. The van der Waals surface area contributed by atoms with Gasteiger partial charge in [-0.1, -0.05) is 18.2 Å². The van der Waals surface area contributed by atoms with Crippen LogP contribution in [0.2, 0.25) is 0 Å². The predicted octanol–water partition coefficient (Wildman–Crippen LogP) is 2.84. The minimum Gasteiger partial charge on any atom is -0.463 e. The highest BCUT2D eigenvalue weighted by Crippen LogP contribution is 2.07. The molecule has 0 radical (unpaired) electrons. The molecule has 1 aromatic rings. The van der Waals surface area contributed by atoms with Gasteiger partial charge in [0.2, 0.25) is 0 Å². The van der Waals surface area contributed by atoms with E-state index in [-0.39, 0.29) is 54.8 Å². The van der Waals surface area contributed by atoms with Crippen molar-refractivity contribution in [3.63, 3.8) is 0 Å². The molecule has 5 nitrogen and oxygen atoms in total. The number of hydrogen-bond acceptors (Lipinski definition) is 3. The average molecular weight is 437 g/mol. The molecule has 0 bridgehead atoms. The van der Waals surface area contributed by atoms with Gasteiger partial charge in [-0.05, 0) is 26.8 Å². The maximum absolute atomic E-state index is 13.5. The lowest BCUT2D eigenvalue weighted by molar-refractivity contribution is -0.147. The second-order valence-electron chi connectivity index (χ2n) is 5.00. The molecule has 0 unspecified atom stereocenters. The summed E-state index contributed by atoms with van der Waals surface area (Å²) in [6.45, 7) is 6.89. The lowest BCUT2D eigenvalue weighted by Crippen LogP contribution is -2.38. The van der Waals surface area contributed by atoms with Gasteiger partial charge in [0.25, 0.3) is 0 Å². The van der Waals surface area contributed by atoms with Gasteiger partial charge in [-0.25, -0.2) is 9.38 Å². The van der Waals surface area contributed by atoms with Crippen LogP contribution in [0.5, 0.6) is 0 Å². The summed E-state index contributed by atoms with van der Waals surface area (Å²) in [5.74, 6) is 0.0122. The molecule has 2 N–H and O–H groups in total. The summed E-state index contributed by atoms with van der Waals surface area (Å²) >= 11 is 0. The number of aliphatic imine (C=N–C) groups is 1. The van der Waals surface area contributed by atoms with Gasteiger partial charge in [-0.3, -0.25) is 4.79 Å². The van der Waals surface area contributed by atoms with E-state index in [1.54, 1.807) is 18.2 Å². The Morgan fingerprint density at radius 1 is 1.30 bits per heavy atom. The molecule has 0 aromatic heterocycles. The molecule has 0 amide bonds. The lowest BCUT2D eigenvalue weighted by Gasteiger charge is -2.12. The Kier molecular flexibility index (Phi) is 11.4. The molecule has 0 aliphatic carbocycles. The Morgan fingerprint density at radius 3 is 2.61 bits per heavy atom. The van der Waals surface area contributed by atoms with Gasteiger partial charge in [-0.2, -0.15) is 0 Å². The number of nitrogens with zero attached hydrogens (tertiary/aromatic N) is 1. The number of ether oxygens (including phenoxy) is 1. The maximum Gasteiger partial charge on any atom is 0.307 e. The normalized spacial score (nSPS) is 10.9. The quantitative estimate of drug-likeness (QED) is 0.298. The molecule has 0 saturated heterocycles.